The highest BCUT2D eigenvalue weighted by atomic mass is 16.1. The fourth-order valence-corrected chi connectivity index (χ4v) is 1.77. The largest absolute Gasteiger partial charge is 0.294 e. The third-order valence-corrected chi connectivity index (χ3v) is 2.70. The molecule has 1 aliphatic rings. The summed E-state index contributed by atoms with van der Waals surface area (Å²) in [5.41, 5.74) is 0. The molecule has 0 amide bonds. The van der Waals surface area contributed by atoms with Crippen molar-refractivity contribution < 1.29 is 4.79 Å². The number of carbonyl (C=O) groups excluding carboxylic acids is 1. The van der Waals surface area contributed by atoms with E-state index in [0.717, 1.165) is 6.42 Å². The average molecular weight is 192 g/mol. The highest BCUT2D eigenvalue weighted by Gasteiger charge is 2.13. The molecule has 0 saturated heterocycles. The zero-order chi connectivity index (χ0) is 10.2. The SMILES string of the molecule is CCCCCCCC1C=CC=CC1=O. The van der Waals surface area contributed by atoms with Crippen molar-refractivity contribution in [3.8, 4) is 0 Å². The van der Waals surface area contributed by atoms with Gasteiger partial charge in [-0.2, -0.15) is 0 Å². The Kier molecular flexibility index (Phi) is 5.28. The maximum Gasteiger partial charge on any atom is 0.162 e. The van der Waals surface area contributed by atoms with Crippen LogP contribution in [0.2, 0.25) is 0 Å². The Labute approximate surface area is 86.9 Å². The molecular formula is C13H20O. The van der Waals surface area contributed by atoms with Crippen LogP contribution >= 0.6 is 0 Å². The molecule has 78 valence electrons. The van der Waals surface area contributed by atoms with Gasteiger partial charge in [-0.3, -0.25) is 4.79 Å². The van der Waals surface area contributed by atoms with Crippen LogP contribution in [-0.2, 0) is 4.79 Å². The van der Waals surface area contributed by atoms with Gasteiger partial charge >= 0.3 is 0 Å². The lowest BCUT2D eigenvalue weighted by atomic mass is 9.93. The molecule has 0 radical (unpaired) electrons. The van der Waals surface area contributed by atoms with Crippen molar-refractivity contribution in [1.29, 1.82) is 0 Å². The normalized spacial score (nSPS) is 20.4. The van der Waals surface area contributed by atoms with Crippen LogP contribution in [0.25, 0.3) is 0 Å². The molecule has 0 aromatic carbocycles. The molecule has 0 fully saturated rings. The minimum atomic E-state index is 0.168. The molecule has 0 heterocycles. The van der Waals surface area contributed by atoms with Crippen molar-refractivity contribution in [2.45, 2.75) is 45.4 Å². The lowest BCUT2D eigenvalue weighted by Gasteiger charge is -2.10. The number of hydrogen-bond donors (Lipinski definition) is 0. The van der Waals surface area contributed by atoms with Crippen LogP contribution in [0.3, 0.4) is 0 Å². The van der Waals surface area contributed by atoms with Crippen molar-refractivity contribution in [2.75, 3.05) is 0 Å². The van der Waals surface area contributed by atoms with Crippen LogP contribution < -0.4 is 0 Å². The Bertz CT molecular complexity index is 225. The van der Waals surface area contributed by atoms with Gasteiger partial charge in [-0.1, -0.05) is 57.3 Å². The average Bonchev–Trinajstić information content (AvgIpc) is 2.20. The zero-order valence-corrected chi connectivity index (χ0v) is 9.04. The smallest absolute Gasteiger partial charge is 0.162 e. The van der Waals surface area contributed by atoms with Gasteiger partial charge in [0.1, 0.15) is 0 Å². The van der Waals surface area contributed by atoms with Crippen LogP contribution in [0.4, 0.5) is 0 Å². The highest BCUT2D eigenvalue weighted by molar-refractivity contribution is 5.94. The third-order valence-electron chi connectivity index (χ3n) is 2.70. The van der Waals surface area contributed by atoms with Gasteiger partial charge < -0.3 is 0 Å². The van der Waals surface area contributed by atoms with E-state index in [1.165, 1.54) is 32.1 Å². The predicted molar refractivity (Wildman–Crippen MR) is 60.2 cm³/mol. The second-order valence-corrected chi connectivity index (χ2v) is 3.96. The fourth-order valence-electron chi connectivity index (χ4n) is 1.77. The molecule has 0 spiro atoms. The molecule has 0 aliphatic heterocycles. The summed E-state index contributed by atoms with van der Waals surface area (Å²) in [6.45, 7) is 2.22. The predicted octanol–water partition coefficient (Wildman–Crippen LogP) is 3.66. The Morgan fingerprint density at radius 3 is 2.64 bits per heavy atom. The third kappa shape index (κ3) is 3.91. The van der Waals surface area contributed by atoms with Crippen LogP contribution in [0.15, 0.2) is 24.3 Å². The number of ketones is 1. The second-order valence-electron chi connectivity index (χ2n) is 3.96. The topological polar surface area (TPSA) is 17.1 Å². The Balaban J connectivity index is 2.09. The quantitative estimate of drug-likeness (QED) is 0.587. The first-order chi connectivity index (χ1) is 6.84. The first-order valence-electron chi connectivity index (χ1n) is 5.73. The molecular weight excluding hydrogens is 172 g/mol. The molecule has 0 bridgehead atoms. The molecule has 0 aromatic heterocycles. The van der Waals surface area contributed by atoms with E-state index in [4.69, 9.17) is 0 Å². The Morgan fingerprint density at radius 1 is 1.14 bits per heavy atom. The van der Waals surface area contributed by atoms with Crippen molar-refractivity contribution in [3.63, 3.8) is 0 Å². The summed E-state index contributed by atoms with van der Waals surface area (Å²) in [6, 6.07) is 0. The fraction of sp³-hybridized carbons (Fsp3) is 0.615. The van der Waals surface area contributed by atoms with Gasteiger partial charge in [0.05, 0.1) is 0 Å². The highest BCUT2D eigenvalue weighted by Crippen LogP contribution is 2.16. The Morgan fingerprint density at radius 2 is 1.93 bits per heavy atom. The number of hydrogen-bond acceptors (Lipinski definition) is 1. The first kappa shape index (κ1) is 11.2. The first-order valence-corrected chi connectivity index (χ1v) is 5.73. The van der Waals surface area contributed by atoms with Crippen molar-refractivity contribution in [2.24, 2.45) is 5.92 Å². The van der Waals surface area contributed by atoms with Gasteiger partial charge in [0.15, 0.2) is 5.78 Å². The van der Waals surface area contributed by atoms with Crippen molar-refractivity contribution in [3.05, 3.63) is 24.3 Å². The van der Waals surface area contributed by atoms with E-state index >= 15 is 0 Å². The van der Waals surface area contributed by atoms with Gasteiger partial charge in [-0.15, -0.1) is 0 Å². The summed E-state index contributed by atoms with van der Waals surface area (Å²) < 4.78 is 0. The van der Waals surface area contributed by atoms with E-state index in [9.17, 15) is 4.79 Å². The number of carbonyl (C=O) groups is 1. The summed E-state index contributed by atoms with van der Waals surface area (Å²) in [4.78, 5) is 11.4. The van der Waals surface area contributed by atoms with E-state index in [-0.39, 0.29) is 11.7 Å². The van der Waals surface area contributed by atoms with Crippen molar-refractivity contribution >= 4 is 5.78 Å². The minimum absolute atomic E-state index is 0.168. The summed E-state index contributed by atoms with van der Waals surface area (Å²) in [5, 5.41) is 0. The van der Waals surface area contributed by atoms with Crippen molar-refractivity contribution in [1.82, 2.24) is 0 Å². The second kappa shape index (κ2) is 6.58. The molecule has 0 aromatic rings. The van der Waals surface area contributed by atoms with Crippen LogP contribution in [-0.4, -0.2) is 5.78 Å². The number of allylic oxidation sites excluding steroid dienone is 4. The minimum Gasteiger partial charge on any atom is -0.294 e. The van der Waals surface area contributed by atoms with Crippen LogP contribution in [0, 0.1) is 5.92 Å². The monoisotopic (exact) mass is 192 g/mol. The Hall–Kier alpha value is -0.850. The molecule has 1 rings (SSSR count). The molecule has 0 saturated carbocycles. The number of rotatable bonds is 6. The zero-order valence-electron chi connectivity index (χ0n) is 9.04. The molecule has 14 heavy (non-hydrogen) atoms. The molecule has 1 nitrogen and oxygen atoms in total. The van der Waals surface area contributed by atoms with E-state index < -0.39 is 0 Å². The molecule has 0 N–H and O–H groups in total. The summed E-state index contributed by atoms with van der Waals surface area (Å²) in [6.07, 6.45) is 15.0. The molecule has 1 unspecified atom stereocenters. The molecule has 1 aliphatic carbocycles. The van der Waals surface area contributed by atoms with E-state index in [0.29, 0.717) is 0 Å². The van der Waals surface area contributed by atoms with Crippen LogP contribution in [0.1, 0.15) is 45.4 Å². The summed E-state index contributed by atoms with van der Waals surface area (Å²) >= 11 is 0. The lowest BCUT2D eigenvalue weighted by Crippen LogP contribution is -2.11. The van der Waals surface area contributed by atoms with Gasteiger partial charge in [0, 0.05) is 5.92 Å². The summed E-state index contributed by atoms with van der Waals surface area (Å²) in [7, 11) is 0. The standard InChI is InChI=1S/C13H20O/c1-2-3-4-5-6-9-12-10-7-8-11-13(12)14/h7-8,10-12H,2-6,9H2,1H3. The van der Waals surface area contributed by atoms with E-state index in [1.807, 2.05) is 18.2 Å². The van der Waals surface area contributed by atoms with E-state index in [1.54, 1.807) is 6.08 Å². The van der Waals surface area contributed by atoms with E-state index in [2.05, 4.69) is 6.92 Å². The maximum atomic E-state index is 11.4. The summed E-state index contributed by atoms with van der Waals surface area (Å²) in [5.74, 6) is 0.449. The van der Waals surface area contributed by atoms with Gasteiger partial charge in [0.25, 0.3) is 0 Å². The lowest BCUT2D eigenvalue weighted by molar-refractivity contribution is -0.117. The van der Waals surface area contributed by atoms with Gasteiger partial charge in [0.2, 0.25) is 0 Å². The molecule has 1 heteroatoms. The molecule has 1 atom stereocenters. The number of unbranched alkanes of at least 4 members (excludes halogenated alkanes) is 4. The maximum absolute atomic E-state index is 11.4. The van der Waals surface area contributed by atoms with Gasteiger partial charge in [-0.05, 0) is 12.5 Å². The van der Waals surface area contributed by atoms with Gasteiger partial charge in [-0.25, -0.2) is 0 Å². The van der Waals surface area contributed by atoms with Crippen LogP contribution in [0.5, 0.6) is 0 Å².